The molecule has 0 fully saturated rings. The zero-order valence-corrected chi connectivity index (χ0v) is 34.0. The van der Waals surface area contributed by atoms with Crippen LogP contribution in [0, 0.1) is 0 Å². The first-order valence-corrected chi connectivity index (χ1v) is 22.7. The van der Waals surface area contributed by atoms with Gasteiger partial charge < -0.3 is 0 Å². The number of unbranched alkanes of at least 4 members (excludes halogenated alkanes) is 6. The first kappa shape index (κ1) is 44.5. The topological polar surface area (TPSA) is 54.5 Å². The molecule has 0 aliphatic rings. The van der Waals surface area contributed by atoms with Crippen molar-refractivity contribution in [3.63, 3.8) is 0 Å². The van der Waals surface area contributed by atoms with Gasteiger partial charge in [0.1, 0.15) is 0 Å². The van der Waals surface area contributed by atoms with Crippen LogP contribution in [0.1, 0.15) is 119 Å². The Balaban J connectivity index is 0.00000901. The van der Waals surface area contributed by atoms with E-state index in [1.165, 1.54) is 0 Å². The van der Waals surface area contributed by atoms with Crippen LogP contribution in [0.3, 0.4) is 0 Å². The Bertz CT molecular complexity index is 1170. The maximum absolute atomic E-state index is 14.6. The van der Waals surface area contributed by atoms with Crippen molar-refractivity contribution in [2.24, 2.45) is 0 Å². The second kappa shape index (κ2) is 25.3. The van der Waals surface area contributed by atoms with E-state index in [4.69, 9.17) is 11.2 Å². The van der Waals surface area contributed by atoms with Crippen molar-refractivity contribution in [1.29, 1.82) is 0 Å². The van der Waals surface area contributed by atoms with Crippen molar-refractivity contribution < 1.29 is 14.9 Å². The molecule has 0 saturated carbocycles. The quantitative estimate of drug-likeness (QED) is 0.0714. The third kappa shape index (κ3) is 15.9. The maximum Gasteiger partial charge on any atom is 0.187 e. The SMILES string of the molecule is CCCCN(CCCC)c1ccc(O[As](=O)(Oc2ccc(N(CCCC)CCCC)cc2)Oc2ccc(N(CCCC)CCCC)cc2)cc1.[AlH3]. The van der Waals surface area contributed by atoms with Crippen molar-refractivity contribution in [2.45, 2.75) is 119 Å². The summed E-state index contributed by atoms with van der Waals surface area (Å²) in [5, 5.41) is 0. The first-order chi connectivity index (χ1) is 24.4. The normalized spacial score (nSPS) is 11.1. The van der Waals surface area contributed by atoms with Gasteiger partial charge in [-0.2, -0.15) is 0 Å². The van der Waals surface area contributed by atoms with E-state index < -0.39 is 14.5 Å². The molecule has 9 heteroatoms. The van der Waals surface area contributed by atoms with Crippen LogP contribution in [0.15, 0.2) is 72.8 Å². The summed E-state index contributed by atoms with van der Waals surface area (Å²) in [7, 11) is 0. The molecule has 3 rings (SSSR count). The summed E-state index contributed by atoms with van der Waals surface area (Å²) in [4.78, 5) is 7.27. The van der Waals surface area contributed by atoms with E-state index in [1.54, 1.807) is 0 Å². The van der Waals surface area contributed by atoms with Gasteiger partial charge in [0, 0.05) is 0 Å². The van der Waals surface area contributed by atoms with Crippen molar-refractivity contribution >= 4 is 48.9 Å². The molecule has 51 heavy (non-hydrogen) atoms. The van der Waals surface area contributed by atoms with Crippen molar-refractivity contribution in [3.8, 4) is 17.2 Å². The van der Waals surface area contributed by atoms with Gasteiger partial charge in [0.25, 0.3) is 0 Å². The summed E-state index contributed by atoms with van der Waals surface area (Å²) < 4.78 is 33.2. The molecule has 0 bridgehead atoms. The van der Waals surface area contributed by atoms with Gasteiger partial charge in [-0.3, -0.25) is 0 Å². The van der Waals surface area contributed by atoms with Crippen LogP contribution in [0.4, 0.5) is 17.1 Å². The molecule has 7 nitrogen and oxygen atoms in total. The van der Waals surface area contributed by atoms with Gasteiger partial charge >= 0.3 is 309 Å². The predicted molar refractivity (Wildman–Crippen MR) is 224 cm³/mol. The van der Waals surface area contributed by atoms with Gasteiger partial charge in [-0.1, -0.05) is 0 Å². The molecule has 0 unspecified atom stereocenters. The third-order valence-corrected chi connectivity index (χ3v) is 11.7. The molecule has 0 saturated heterocycles. The summed E-state index contributed by atoms with van der Waals surface area (Å²) >= 11 is -4.97. The molecule has 0 aliphatic heterocycles. The molecule has 3 aromatic carbocycles. The Morgan fingerprint density at radius 2 is 0.588 bits per heavy atom. The number of rotatable bonds is 27. The molecule has 0 aliphatic carbocycles. The van der Waals surface area contributed by atoms with Crippen LogP contribution in [-0.4, -0.2) is 71.1 Å². The molecule has 3 aromatic rings. The predicted octanol–water partition coefficient (Wildman–Crippen LogP) is 10.1. The van der Waals surface area contributed by atoms with Crippen LogP contribution in [0.5, 0.6) is 17.2 Å². The van der Waals surface area contributed by atoms with Crippen LogP contribution in [0.2, 0.25) is 0 Å². The summed E-state index contributed by atoms with van der Waals surface area (Å²) in [6.07, 6.45) is 13.8. The third-order valence-electron chi connectivity index (χ3n) is 8.95. The number of benzene rings is 3. The largest absolute Gasteiger partial charge is 0.187 e. The molecule has 0 amide bonds. The summed E-state index contributed by atoms with van der Waals surface area (Å²) in [5.74, 6) is 1.39. The molecule has 0 radical (unpaired) electrons. The minimum Gasteiger partial charge on any atom is 0.187 e. The van der Waals surface area contributed by atoms with Crippen molar-refractivity contribution in [3.05, 3.63) is 72.8 Å². The zero-order valence-electron chi connectivity index (χ0n) is 32.1. The standard InChI is InChI=1S/C42H66AsN3O4.Al.3H/c1-7-13-31-44(32-14-8-2)37-19-25-40(26-20-37)48-43(47,49-41-27-21-38(22-28-41)45(33-15-9-3)34-16-10-4)50-42-29-23-39(24-30-42)46(35-17-11-5)36-18-12-6;;;;/h19-30H,7-18,31-36H2,1-6H3;;;;. The fourth-order valence-corrected chi connectivity index (χ4v) is 8.43. The summed E-state index contributed by atoms with van der Waals surface area (Å²) in [5.41, 5.74) is 3.42. The molecule has 0 N–H and O–H groups in total. The van der Waals surface area contributed by atoms with E-state index >= 15 is 0 Å². The molecule has 0 atom stereocenters. The molecule has 0 aromatic heterocycles. The molecular weight excluding hydrogens is 712 g/mol. The molecule has 0 spiro atoms. The van der Waals surface area contributed by atoms with E-state index in [2.05, 4.69) is 56.2 Å². The van der Waals surface area contributed by atoms with Crippen molar-refractivity contribution in [2.75, 3.05) is 54.0 Å². The molecule has 284 valence electrons. The van der Waals surface area contributed by atoms with E-state index in [-0.39, 0.29) is 17.4 Å². The van der Waals surface area contributed by atoms with Gasteiger partial charge in [0.05, 0.1) is 0 Å². The van der Waals surface area contributed by atoms with Gasteiger partial charge in [0.2, 0.25) is 0 Å². The smallest absolute Gasteiger partial charge is 0.187 e. The fourth-order valence-electron chi connectivity index (χ4n) is 5.80. The van der Waals surface area contributed by atoms with E-state index in [0.29, 0.717) is 17.2 Å². The summed E-state index contributed by atoms with van der Waals surface area (Å²) in [6.45, 7) is 19.4. The van der Waals surface area contributed by atoms with Crippen LogP contribution < -0.4 is 25.9 Å². The van der Waals surface area contributed by atoms with Crippen molar-refractivity contribution in [1.82, 2.24) is 0 Å². The fraction of sp³-hybridized carbons (Fsp3) is 0.571. The maximum atomic E-state index is 14.6. The number of anilines is 3. The average Bonchev–Trinajstić information content (AvgIpc) is 3.13. The molecule has 0 heterocycles. The van der Waals surface area contributed by atoms with Crippen LogP contribution in [0.25, 0.3) is 0 Å². The summed E-state index contributed by atoms with van der Waals surface area (Å²) in [6, 6.07) is 23.6. The van der Waals surface area contributed by atoms with Gasteiger partial charge in [0.15, 0.2) is 17.4 Å². The monoisotopic (exact) mass is 781 g/mol. The van der Waals surface area contributed by atoms with Gasteiger partial charge in [-0.15, -0.1) is 0 Å². The van der Waals surface area contributed by atoms with E-state index in [9.17, 15) is 3.74 Å². The average molecular weight is 782 g/mol. The Morgan fingerprint density at radius 3 is 0.765 bits per heavy atom. The molecular formula is C42H69AlAsN3O4. The van der Waals surface area contributed by atoms with Gasteiger partial charge in [-0.25, -0.2) is 0 Å². The number of nitrogens with zero attached hydrogens (tertiary/aromatic N) is 3. The minimum absolute atomic E-state index is 0. The number of hydrogen-bond acceptors (Lipinski definition) is 7. The van der Waals surface area contributed by atoms with Gasteiger partial charge in [-0.05, 0) is 0 Å². The Morgan fingerprint density at radius 1 is 0.392 bits per heavy atom. The minimum atomic E-state index is -4.97. The van der Waals surface area contributed by atoms with Crippen LogP contribution >= 0.6 is 0 Å². The Labute approximate surface area is 324 Å². The Kier molecular flexibility index (Phi) is 22.1. The second-order valence-corrected chi connectivity index (χ2v) is 16.3. The van der Waals surface area contributed by atoms with E-state index in [1.807, 2.05) is 72.8 Å². The first-order valence-electron chi connectivity index (χ1n) is 19.6. The van der Waals surface area contributed by atoms with Crippen LogP contribution in [-0.2, 0) is 3.74 Å². The zero-order chi connectivity index (χ0) is 36.0. The second-order valence-electron chi connectivity index (χ2n) is 13.3. The van der Waals surface area contributed by atoms with E-state index in [0.717, 1.165) is 133 Å². The number of hydrogen-bond donors (Lipinski definition) is 0. The Hall–Kier alpha value is -2.65.